The number of hydrogen-bond donors (Lipinski definition) is 16. The predicted octanol–water partition coefficient (Wildman–Crippen LogP) is -2.71. The molecule has 7 rings (SSSR count). The number of nitrogens with two attached hydrogens (primary N) is 1. The highest BCUT2D eigenvalue weighted by Gasteiger charge is 2.40. The van der Waals surface area contributed by atoms with Gasteiger partial charge in [-0.2, -0.15) is 0 Å². The summed E-state index contributed by atoms with van der Waals surface area (Å²) in [7, 11) is 0. The lowest BCUT2D eigenvalue weighted by atomic mass is 10.0. The van der Waals surface area contributed by atoms with Crippen molar-refractivity contribution in [2.24, 2.45) is 5.73 Å². The number of aromatic hydroxyl groups is 1. The summed E-state index contributed by atoms with van der Waals surface area (Å²) in [6.07, 6.45) is 6.22. The summed E-state index contributed by atoms with van der Waals surface area (Å²) in [6, 6.07) is 7.30. The van der Waals surface area contributed by atoms with Gasteiger partial charge in [-0.15, -0.1) is 0 Å². The summed E-state index contributed by atoms with van der Waals surface area (Å²) in [6.45, 7) is 0.0369. The number of aromatic nitrogens is 4. The predicted molar refractivity (Wildman–Crippen MR) is 300 cm³/mol. The summed E-state index contributed by atoms with van der Waals surface area (Å²) in [5.41, 5.74) is 9.58. The number of imidazole rings is 1. The van der Waals surface area contributed by atoms with Gasteiger partial charge in [-0.1, -0.05) is 48.5 Å². The molecule has 17 N–H and O–H groups in total. The monoisotopic (exact) mass is 1160 g/mol. The Hall–Kier alpha value is -9.67. The van der Waals surface area contributed by atoms with Crippen molar-refractivity contribution in [3.05, 3.63) is 120 Å². The van der Waals surface area contributed by atoms with Crippen LogP contribution in [0.1, 0.15) is 49.1 Å². The first-order valence-corrected chi connectivity index (χ1v) is 27.0. The molecular formula is C56H68N14O14. The first-order valence-electron chi connectivity index (χ1n) is 27.0. The molecule has 3 aromatic heterocycles. The minimum atomic E-state index is -1.75. The lowest BCUT2D eigenvalue weighted by Gasteiger charge is -2.29. The van der Waals surface area contributed by atoms with Crippen molar-refractivity contribution in [1.82, 2.24) is 67.4 Å². The molecule has 1 saturated heterocycles. The normalized spacial score (nSPS) is 15.9. The number of para-hydroxylation sites is 2. The molecule has 9 atom stereocenters. The molecule has 84 heavy (non-hydrogen) atoms. The molecular weight excluding hydrogens is 1090 g/mol. The third kappa shape index (κ3) is 16.3. The summed E-state index contributed by atoms with van der Waals surface area (Å²) >= 11 is 0. The van der Waals surface area contributed by atoms with Crippen LogP contribution >= 0.6 is 0 Å². The number of aliphatic hydroxyl groups is 2. The Bertz CT molecular complexity index is 3330. The minimum absolute atomic E-state index is 0.0588. The Morgan fingerprint density at radius 1 is 0.619 bits per heavy atom. The van der Waals surface area contributed by atoms with Crippen LogP contribution in [-0.4, -0.2) is 185 Å². The van der Waals surface area contributed by atoms with Gasteiger partial charge >= 0.3 is 5.97 Å². The number of carboxylic acid groups (broad SMARTS) is 1. The highest BCUT2D eigenvalue weighted by Crippen LogP contribution is 2.23. The van der Waals surface area contributed by atoms with Crippen LogP contribution in [0.15, 0.2) is 97.7 Å². The number of aliphatic carboxylic acids is 1. The van der Waals surface area contributed by atoms with Crippen molar-refractivity contribution in [2.45, 2.75) is 107 Å². The number of hydrogen-bond acceptors (Lipinski definition) is 15. The second-order valence-corrected chi connectivity index (χ2v) is 20.3. The van der Waals surface area contributed by atoms with Gasteiger partial charge < -0.3 is 88.5 Å². The van der Waals surface area contributed by atoms with Crippen LogP contribution in [-0.2, 0) is 73.6 Å². The average Bonchev–Trinajstić information content (AvgIpc) is 4.54. The molecule has 1 fully saturated rings. The minimum Gasteiger partial charge on any atom is -0.508 e. The first kappa shape index (κ1) is 61.9. The van der Waals surface area contributed by atoms with E-state index >= 15 is 0 Å². The molecule has 0 radical (unpaired) electrons. The highest BCUT2D eigenvalue weighted by atomic mass is 16.4. The molecule has 28 nitrogen and oxygen atoms in total. The number of carbonyl (C=O) groups excluding carboxylic acids is 9. The van der Waals surface area contributed by atoms with E-state index in [0.717, 1.165) is 4.90 Å². The maximum absolute atomic E-state index is 14.4. The molecule has 9 amide bonds. The fraction of sp³-hybridized carbons (Fsp3) is 0.375. The van der Waals surface area contributed by atoms with Crippen LogP contribution in [0.25, 0.3) is 21.8 Å². The maximum atomic E-state index is 14.4. The number of phenolic OH excluding ortho intramolecular Hbond substituents is 1. The number of nitrogens with zero attached hydrogens (tertiary/aromatic N) is 2. The largest absolute Gasteiger partial charge is 0.508 e. The Kier molecular flexibility index (Phi) is 21.3. The standard InChI is InChI=1S/C56H68N14O14/c1-29(48(75)66-42(19-32-22-59-39-10-5-3-8-36(32)39)52(79)69-45(27-72)55(82)70-17-7-12-46(70)54(81)64-30(2)56(83)84)63-53(80)44(26-71)68-51(78)43(20-33-23-60-40-11-6-4-9-37(33)40)67-50(77)41(18-31-13-15-35(73)16-14-31)65-47(74)25-61-49(76)38(57)21-34-24-58-28-62-34/h3-6,8-11,13-16,22-24,28-30,38,41-46,59-60,71-73H,7,12,17-21,25-27,57H2,1-2H3,(H,58,62)(H,61,76)(H,63,80)(H,64,81)(H,65,74)(H,66,75)(H,67,77)(H,68,78)(H,69,79)(H,83,84)/t29-,30-,38-,41-,42-,43-,44-,45-,46-/m0/s1. The van der Waals surface area contributed by atoms with Crippen molar-refractivity contribution in [2.75, 3.05) is 26.3 Å². The number of aliphatic hydroxyl groups excluding tert-OH is 2. The van der Waals surface area contributed by atoms with Gasteiger partial charge in [0.1, 0.15) is 54.1 Å². The molecule has 3 aromatic carbocycles. The Morgan fingerprint density at radius 3 is 1.71 bits per heavy atom. The Labute approximate surface area is 479 Å². The number of carbonyl (C=O) groups is 10. The van der Waals surface area contributed by atoms with E-state index in [2.05, 4.69) is 62.5 Å². The lowest BCUT2D eigenvalue weighted by Crippen LogP contribution is -2.61. The van der Waals surface area contributed by atoms with E-state index in [-0.39, 0.29) is 44.4 Å². The number of phenols is 1. The zero-order chi connectivity index (χ0) is 60.6. The second kappa shape index (κ2) is 28.8. The molecule has 0 aliphatic carbocycles. The number of rotatable bonds is 28. The fourth-order valence-electron chi connectivity index (χ4n) is 9.55. The zero-order valence-corrected chi connectivity index (χ0v) is 45.8. The van der Waals surface area contributed by atoms with Crippen LogP contribution in [0, 0.1) is 0 Å². The summed E-state index contributed by atoms with van der Waals surface area (Å²) in [5, 5.41) is 61.6. The molecule has 0 saturated carbocycles. The lowest BCUT2D eigenvalue weighted by molar-refractivity contribution is -0.145. The summed E-state index contributed by atoms with van der Waals surface area (Å²) < 4.78 is 0. The first-order chi connectivity index (χ1) is 40.2. The molecule has 0 spiro atoms. The number of amides is 9. The molecule has 1 aliphatic rings. The Morgan fingerprint density at radius 2 is 1.15 bits per heavy atom. The van der Waals surface area contributed by atoms with E-state index in [1.165, 1.54) is 50.6 Å². The van der Waals surface area contributed by atoms with Gasteiger partial charge in [0.15, 0.2) is 0 Å². The summed E-state index contributed by atoms with van der Waals surface area (Å²) in [5.74, 6) is -9.24. The number of aromatic amines is 3. The molecule has 0 unspecified atom stereocenters. The van der Waals surface area contributed by atoms with Crippen LogP contribution in [0.5, 0.6) is 5.75 Å². The van der Waals surface area contributed by atoms with E-state index in [0.29, 0.717) is 50.6 Å². The van der Waals surface area contributed by atoms with Crippen molar-refractivity contribution in [3.8, 4) is 5.75 Å². The van der Waals surface area contributed by atoms with Gasteiger partial charge in [-0.25, -0.2) is 4.98 Å². The number of carboxylic acids is 1. The molecule has 446 valence electrons. The van der Waals surface area contributed by atoms with Crippen LogP contribution in [0.4, 0.5) is 0 Å². The van der Waals surface area contributed by atoms with E-state index in [4.69, 9.17) is 5.73 Å². The zero-order valence-electron chi connectivity index (χ0n) is 45.8. The number of likely N-dealkylation sites (tertiary alicyclic amines) is 1. The number of nitrogens with one attached hydrogen (secondary N) is 11. The maximum Gasteiger partial charge on any atom is 0.325 e. The van der Waals surface area contributed by atoms with Crippen molar-refractivity contribution < 1.29 is 68.4 Å². The third-order valence-electron chi connectivity index (χ3n) is 14.2. The van der Waals surface area contributed by atoms with Crippen molar-refractivity contribution in [3.63, 3.8) is 0 Å². The number of fused-ring (bicyclic) bond motifs is 2. The molecule has 1 aliphatic heterocycles. The topological polar surface area (TPSA) is 437 Å². The van der Waals surface area contributed by atoms with Gasteiger partial charge in [-0.05, 0) is 67.6 Å². The van der Waals surface area contributed by atoms with Crippen molar-refractivity contribution in [1.29, 1.82) is 0 Å². The molecule has 4 heterocycles. The molecule has 6 aromatic rings. The smallest absolute Gasteiger partial charge is 0.325 e. The average molecular weight is 1160 g/mol. The van der Waals surface area contributed by atoms with Crippen LogP contribution in [0.2, 0.25) is 0 Å². The SMILES string of the molecule is C[C@H](NC(=O)[C@@H]1CCCN1C(=O)[C@H](CO)NC(=O)[C@H](Cc1c[nH]c2ccccc12)NC(=O)[C@H](C)NC(=O)[C@H](CO)NC(=O)[C@H](Cc1c[nH]c2ccccc12)NC(=O)[C@H](Cc1ccc(O)cc1)NC(=O)CNC(=O)[C@@H](N)Cc1cnc[nH]1)C(=O)O. The van der Waals surface area contributed by atoms with Crippen LogP contribution < -0.4 is 48.3 Å². The van der Waals surface area contributed by atoms with E-state index in [1.807, 2.05) is 0 Å². The molecule has 28 heteroatoms. The molecule has 0 bridgehead atoms. The van der Waals surface area contributed by atoms with E-state index < -0.39 is 133 Å². The van der Waals surface area contributed by atoms with Gasteiger partial charge in [0.05, 0.1) is 32.1 Å². The second-order valence-electron chi connectivity index (χ2n) is 20.3. The highest BCUT2D eigenvalue weighted by molar-refractivity contribution is 5.99. The number of benzene rings is 3. The van der Waals surface area contributed by atoms with Gasteiger partial charge in [0.2, 0.25) is 53.2 Å². The van der Waals surface area contributed by atoms with E-state index in [9.17, 15) is 68.4 Å². The number of H-pyrrole nitrogens is 3. The third-order valence-corrected chi connectivity index (χ3v) is 14.2. The summed E-state index contributed by atoms with van der Waals surface area (Å²) in [4.78, 5) is 150. The fourth-order valence-corrected chi connectivity index (χ4v) is 9.55. The quantitative estimate of drug-likeness (QED) is 0.0237. The van der Waals surface area contributed by atoms with Gasteiger partial charge in [0, 0.05) is 78.3 Å². The Balaban J connectivity index is 1.05. The van der Waals surface area contributed by atoms with E-state index in [1.54, 1.807) is 60.9 Å². The van der Waals surface area contributed by atoms with Gasteiger partial charge in [-0.3, -0.25) is 47.9 Å². The van der Waals surface area contributed by atoms with Crippen molar-refractivity contribution >= 4 is 80.9 Å². The van der Waals surface area contributed by atoms with Gasteiger partial charge in [0.25, 0.3) is 0 Å². The van der Waals surface area contributed by atoms with Crippen LogP contribution in [0.3, 0.4) is 0 Å².